The van der Waals surface area contributed by atoms with Crippen LogP contribution in [0.5, 0.6) is 0 Å². The first-order valence-corrected chi connectivity index (χ1v) is 4.77. The number of hydrogen-bond donors (Lipinski definition) is 1. The number of nitrogen functional groups attached to an aromatic ring is 1. The van der Waals surface area contributed by atoms with E-state index in [9.17, 15) is 13.2 Å². The molecule has 2 nitrogen and oxygen atoms in total. The first-order chi connectivity index (χ1) is 7.54. The summed E-state index contributed by atoms with van der Waals surface area (Å²) in [7, 11) is 0. The molecule has 0 aliphatic carbocycles. The molecule has 2 aromatic rings. The molecule has 0 aliphatic heterocycles. The van der Waals surface area contributed by atoms with Crippen molar-refractivity contribution in [2.45, 2.75) is 13.3 Å². The van der Waals surface area contributed by atoms with E-state index < -0.39 is 17.5 Å². The zero-order valence-corrected chi connectivity index (χ0v) is 8.52. The van der Waals surface area contributed by atoms with Crippen LogP contribution >= 0.6 is 0 Å². The summed E-state index contributed by atoms with van der Waals surface area (Å²) in [6.45, 7) is 1.84. The summed E-state index contributed by atoms with van der Waals surface area (Å²) in [5.41, 5.74) is 6.29. The third-order valence-corrected chi connectivity index (χ3v) is 2.38. The van der Waals surface area contributed by atoms with E-state index in [1.54, 1.807) is 0 Å². The lowest BCUT2D eigenvalue weighted by Gasteiger charge is -2.07. The predicted molar refractivity (Wildman–Crippen MR) is 55.4 cm³/mol. The average molecular weight is 226 g/mol. The van der Waals surface area contributed by atoms with Crippen molar-refractivity contribution >= 4 is 16.6 Å². The highest BCUT2D eigenvalue weighted by atomic mass is 19.2. The van der Waals surface area contributed by atoms with Crippen molar-refractivity contribution < 1.29 is 13.2 Å². The van der Waals surface area contributed by atoms with Crippen LogP contribution in [0.4, 0.5) is 18.9 Å². The van der Waals surface area contributed by atoms with Crippen LogP contribution in [-0.2, 0) is 6.42 Å². The van der Waals surface area contributed by atoms with E-state index in [0.29, 0.717) is 12.1 Å². The van der Waals surface area contributed by atoms with E-state index in [2.05, 4.69) is 4.98 Å². The molecule has 0 radical (unpaired) electrons. The fourth-order valence-electron chi connectivity index (χ4n) is 1.57. The van der Waals surface area contributed by atoms with Crippen LogP contribution in [0.1, 0.15) is 12.6 Å². The van der Waals surface area contributed by atoms with Gasteiger partial charge < -0.3 is 5.73 Å². The maximum atomic E-state index is 13.4. The molecule has 0 bridgehead atoms. The summed E-state index contributed by atoms with van der Waals surface area (Å²) in [6.07, 6.45) is 0.584. The number of rotatable bonds is 1. The van der Waals surface area contributed by atoms with Gasteiger partial charge in [0.25, 0.3) is 0 Å². The molecule has 0 atom stereocenters. The highest BCUT2D eigenvalue weighted by Gasteiger charge is 2.16. The summed E-state index contributed by atoms with van der Waals surface area (Å²) < 4.78 is 39.4. The number of aryl methyl sites for hydroxylation is 1. The molecule has 84 valence electrons. The van der Waals surface area contributed by atoms with E-state index >= 15 is 0 Å². The first-order valence-electron chi connectivity index (χ1n) is 4.77. The fourth-order valence-corrected chi connectivity index (χ4v) is 1.57. The Morgan fingerprint density at radius 1 is 1.19 bits per heavy atom. The fraction of sp³-hybridized carbons (Fsp3) is 0.182. The Hall–Kier alpha value is -1.78. The smallest absolute Gasteiger partial charge is 0.195 e. The van der Waals surface area contributed by atoms with Crippen molar-refractivity contribution in [2.75, 3.05) is 5.73 Å². The molecule has 1 aromatic heterocycles. The number of benzene rings is 1. The van der Waals surface area contributed by atoms with E-state index in [4.69, 9.17) is 5.73 Å². The van der Waals surface area contributed by atoms with Crippen molar-refractivity contribution in [2.24, 2.45) is 0 Å². The maximum absolute atomic E-state index is 13.4. The van der Waals surface area contributed by atoms with Crippen molar-refractivity contribution in [1.82, 2.24) is 4.98 Å². The maximum Gasteiger partial charge on any atom is 0.195 e. The number of pyridine rings is 1. The van der Waals surface area contributed by atoms with Gasteiger partial charge in [-0.2, -0.15) is 0 Å². The zero-order chi connectivity index (χ0) is 11.9. The summed E-state index contributed by atoms with van der Waals surface area (Å²) in [5, 5.41) is -0.170. The lowest BCUT2D eigenvalue weighted by Crippen LogP contribution is -2.00. The van der Waals surface area contributed by atoms with Gasteiger partial charge in [0.1, 0.15) is 0 Å². The van der Waals surface area contributed by atoms with Crippen LogP contribution < -0.4 is 5.73 Å². The summed E-state index contributed by atoms with van der Waals surface area (Å²) in [5.74, 6) is -4.07. The number of nitrogens with two attached hydrogens (primary N) is 1. The molecule has 5 heteroatoms. The number of anilines is 1. The lowest BCUT2D eigenvalue weighted by molar-refractivity contribution is 0.453. The molecule has 16 heavy (non-hydrogen) atoms. The van der Waals surface area contributed by atoms with Crippen LogP contribution in [0.3, 0.4) is 0 Å². The minimum atomic E-state index is -1.52. The third-order valence-electron chi connectivity index (χ3n) is 2.38. The summed E-state index contributed by atoms with van der Waals surface area (Å²) >= 11 is 0. The largest absolute Gasteiger partial charge is 0.398 e. The predicted octanol–water partition coefficient (Wildman–Crippen LogP) is 2.80. The van der Waals surface area contributed by atoms with E-state index in [1.165, 1.54) is 6.07 Å². The standard InChI is InChI=1S/C11H9F3N2/c1-2-5-3-7(15)9-8(16-5)4-6(12)10(13)11(9)14/h3-4H,2H2,1H3,(H2,15,16). The van der Waals surface area contributed by atoms with Crippen molar-refractivity contribution in [3.8, 4) is 0 Å². The van der Waals surface area contributed by atoms with Crippen LogP contribution in [0.15, 0.2) is 12.1 Å². The molecule has 0 saturated carbocycles. The quantitative estimate of drug-likeness (QED) is 0.759. The summed E-state index contributed by atoms with van der Waals surface area (Å²) in [6, 6.07) is 2.31. The lowest BCUT2D eigenvalue weighted by atomic mass is 10.1. The zero-order valence-electron chi connectivity index (χ0n) is 8.52. The average Bonchev–Trinajstić information content (AvgIpc) is 2.25. The van der Waals surface area contributed by atoms with Gasteiger partial charge in [-0.15, -0.1) is 0 Å². The van der Waals surface area contributed by atoms with Crippen LogP contribution in [0.25, 0.3) is 10.9 Å². The second kappa shape index (κ2) is 3.66. The van der Waals surface area contributed by atoms with Gasteiger partial charge in [-0.05, 0) is 12.5 Å². The molecule has 0 spiro atoms. The molecule has 0 saturated heterocycles. The number of halogens is 3. The van der Waals surface area contributed by atoms with Gasteiger partial charge in [-0.25, -0.2) is 13.2 Å². The Balaban J connectivity index is 2.90. The van der Waals surface area contributed by atoms with Gasteiger partial charge in [-0.3, -0.25) is 4.98 Å². The Kier molecular flexibility index (Phi) is 2.46. The van der Waals surface area contributed by atoms with Gasteiger partial charge in [0.15, 0.2) is 17.5 Å². The Labute approximate surface area is 89.9 Å². The number of hydrogen-bond acceptors (Lipinski definition) is 2. The Morgan fingerprint density at radius 3 is 2.50 bits per heavy atom. The van der Waals surface area contributed by atoms with E-state index in [-0.39, 0.29) is 16.6 Å². The highest BCUT2D eigenvalue weighted by molar-refractivity contribution is 5.91. The van der Waals surface area contributed by atoms with Gasteiger partial charge in [0, 0.05) is 17.4 Å². The molecule has 0 amide bonds. The Morgan fingerprint density at radius 2 is 1.88 bits per heavy atom. The van der Waals surface area contributed by atoms with Gasteiger partial charge >= 0.3 is 0 Å². The van der Waals surface area contributed by atoms with Crippen LogP contribution in [0.2, 0.25) is 0 Å². The number of aromatic nitrogens is 1. The number of nitrogens with zero attached hydrogens (tertiary/aromatic N) is 1. The summed E-state index contributed by atoms with van der Waals surface area (Å²) in [4.78, 5) is 3.99. The SMILES string of the molecule is CCc1cc(N)c2c(F)c(F)c(F)cc2n1. The molecule has 0 aliphatic rings. The first kappa shape index (κ1) is 10.7. The molecule has 0 fully saturated rings. The molecule has 0 unspecified atom stereocenters. The van der Waals surface area contributed by atoms with Crippen molar-refractivity contribution in [3.05, 3.63) is 35.3 Å². The minimum absolute atomic E-state index is 0.0354. The van der Waals surface area contributed by atoms with Gasteiger partial charge in [0.2, 0.25) is 0 Å². The minimum Gasteiger partial charge on any atom is -0.398 e. The van der Waals surface area contributed by atoms with Gasteiger partial charge in [0.05, 0.1) is 10.9 Å². The second-order valence-corrected chi connectivity index (χ2v) is 3.44. The van der Waals surface area contributed by atoms with Crippen molar-refractivity contribution in [1.29, 1.82) is 0 Å². The third kappa shape index (κ3) is 1.48. The molecular formula is C11H9F3N2. The highest BCUT2D eigenvalue weighted by Crippen LogP contribution is 2.27. The molecule has 2 N–H and O–H groups in total. The van der Waals surface area contributed by atoms with Crippen molar-refractivity contribution in [3.63, 3.8) is 0 Å². The van der Waals surface area contributed by atoms with Gasteiger partial charge in [-0.1, -0.05) is 6.92 Å². The molecule has 2 rings (SSSR count). The number of fused-ring (bicyclic) bond motifs is 1. The monoisotopic (exact) mass is 226 g/mol. The topological polar surface area (TPSA) is 38.9 Å². The van der Waals surface area contributed by atoms with Crippen LogP contribution in [0, 0.1) is 17.5 Å². The normalized spacial score (nSPS) is 11.0. The van der Waals surface area contributed by atoms with E-state index in [0.717, 1.165) is 6.07 Å². The molecule has 1 aromatic carbocycles. The van der Waals surface area contributed by atoms with Crippen LogP contribution in [-0.4, -0.2) is 4.98 Å². The van der Waals surface area contributed by atoms with E-state index in [1.807, 2.05) is 6.92 Å². The molecule has 1 heterocycles. The second-order valence-electron chi connectivity index (χ2n) is 3.44. The Bertz CT molecular complexity index is 567. The molecular weight excluding hydrogens is 217 g/mol.